The van der Waals surface area contributed by atoms with Crippen LogP contribution in [0.1, 0.15) is 32.1 Å². The van der Waals surface area contributed by atoms with Crippen LogP contribution in [0.4, 0.5) is 5.95 Å². The molecule has 1 aliphatic carbocycles. The topological polar surface area (TPSA) is 114 Å². The van der Waals surface area contributed by atoms with Crippen LogP contribution >= 0.6 is 11.8 Å². The molecule has 2 N–H and O–H groups in total. The van der Waals surface area contributed by atoms with E-state index in [-0.39, 0.29) is 5.95 Å². The van der Waals surface area contributed by atoms with Gasteiger partial charge >= 0.3 is 0 Å². The standard InChI is InChI=1S/C14H21N7O2S/c1-22-11-10(12(23-2)17-13(15)16-11)24-14-18-19-20-21(14)8-9-6-4-3-5-7-9/h9H,3-8H2,1-2H3,(H2,15,16,17). The first-order valence-electron chi connectivity index (χ1n) is 7.90. The second-order valence-corrected chi connectivity index (χ2v) is 6.66. The molecular formula is C14H21N7O2S. The summed E-state index contributed by atoms with van der Waals surface area (Å²) in [6.07, 6.45) is 6.33. The van der Waals surface area contributed by atoms with Gasteiger partial charge < -0.3 is 15.2 Å². The molecule has 0 aromatic carbocycles. The van der Waals surface area contributed by atoms with E-state index >= 15 is 0 Å². The van der Waals surface area contributed by atoms with Crippen LogP contribution in [0.2, 0.25) is 0 Å². The summed E-state index contributed by atoms with van der Waals surface area (Å²) in [5.41, 5.74) is 5.67. The van der Waals surface area contributed by atoms with E-state index in [9.17, 15) is 0 Å². The molecule has 3 rings (SSSR count). The fourth-order valence-corrected chi connectivity index (χ4v) is 3.79. The van der Waals surface area contributed by atoms with Gasteiger partial charge in [0.2, 0.25) is 22.9 Å². The van der Waals surface area contributed by atoms with Crippen molar-refractivity contribution in [3.8, 4) is 11.8 Å². The van der Waals surface area contributed by atoms with Crippen LogP contribution in [0.5, 0.6) is 11.8 Å². The largest absolute Gasteiger partial charge is 0.480 e. The Morgan fingerprint density at radius 1 is 1.12 bits per heavy atom. The molecule has 0 aliphatic heterocycles. The molecule has 0 amide bonds. The molecule has 130 valence electrons. The Labute approximate surface area is 144 Å². The molecule has 1 saturated carbocycles. The molecule has 24 heavy (non-hydrogen) atoms. The van der Waals surface area contributed by atoms with E-state index in [0.29, 0.717) is 27.7 Å². The number of rotatable bonds is 6. The Bertz CT molecular complexity index is 663. The molecule has 2 aromatic rings. The van der Waals surface area contributed by atoms with Crippen molar-refractivity contribution in [1.29, 1.82) is 0 Å². The quantitative estimate of drug-likeness (QED) is 0.831. The lowest BCUT2D eigenvalue weighted by molar-refractivity contribution is 0.296. The van der Waals surface area contributed by atoms with Crippen LogP contribution in [0.15, 0.2) is 10.1 Å². The molecule has 1 aliphatic rings. The highest BCUT2D eigenvalue weighted by molar-refractivity contribution is 7.99. The minimum atomic E-state index is 0.0925. The number of tetrazole rings is 1. The highest BCUT2D eigenvalue weighted by Crippen LogP contribution is 2.39. The third-order valence-corrected chi connectivity index (χ3v) is 5.08. The number of hydrogen-bond acceptors (Lipinski definition) is 9. The van der Waals surface area contributed by atoms with Gasteiger partial charge in [-0.2, -0.15) is 9.97 Å². The van der Waals surface area contributed by atoms with E-state index < -0.39 is 0 Å². The normalized spacial score (nSPS) is 15.4. The molecule has 0 bridgehead atoms. The van der Waals surface area contributed by atoms with Crippen LogP contribution in [0.3, 0.4) is 0 Å². The number of ether oxygens (including phenoxy) is 2. The average Bonchev–Trinajstić information content (AvgIpc) is 3.03. The predicted molar refractivity (Wildman–Crippen MR) is 88.1 cm³/mol. The van der Waals surface area contributed by atoms with Gasteiger partial charge in [-0.15, -0.1) is 5.10 Å². The molecule has 1 fully saturated rings. The van der Waals surface area contributed by atoms with E-state index in [2.05, 4.69) is 25.5 Å². The minimum Gasteiger partial charge on any atom is -0.480 e. The molecule has 0 atom stereocenters. The average molecular weight is 351 g/mol. The van der Waals surface area contributed by atoms with E-state index in [1.54, 1.807) is 0 Å². The highest BCUT2D eigenvalue weighted by Gasteiger charge is 2.22. The maximum Gasteiger partial charge on any atom is 0.236 e. The predicted octanol–water partition coefficient (Wildman–Crippen LogP) is 1.79. The third kappa shape index (κ3) is 3.69. The second-order valence-electron chi connectivity index (χ2n) is 5.68. The molecular weight excluding hydrogens is 330 g/mol. The SMILES string of the molecule is COc1nc(N)nc(OC)c1Sc1nnnn1CC1CCCCC1. The first-order chi connectivity index (χ1) is 11.7. The fraction of sp³-hybridized carbons (Fsp3) is 0.643. The maximum absolute atomic E-state index is 5.67. The highest BCUT2D eigenvalue weighted by atomic mass is 32.2. The van der Waals surface area contributed by atoms with Crippen LogP contribution in [0.25, 0.3) is 0 Å². The van der Waals surface area contributed by atoms with Gasteiger partial charge in [0, 0.05) is 6.54 Å². The summed E-state index contributed by atoms with van der Waals surface area (Å²) in [5, 5.41) is 12.7. The van der Waals surface area contributed by atoms with Crippen molar-refractivity contribution in [1.82, 2.24) is 30.2 Å². The van der Waals surface area contributed by atoms with E-state index in [4.69, 9.17) is 15.2 Å². The smallest absolute Gasteiger partial charge is 0.236 e. The molecule has 10 heteroatoms. The first-order valence-corrected chi connectivity index (χ1v) is 8.72. The summed E-state index contributed by atoms with van der Waals surface area (Å²) >= 11 is 1.32. The molecule has 0 unspecified atom stereocenters. The van der Waals surface area contributed by atoms with Crippen molar-refractivity contribution in [2.45, 2.75) is 48.7 Å². The van der Waals surface area contributed by atoms with Gasteiger partial charge in [0.15, 0.2) is 0 Å². The molecule has 0 spiro atoms. The van der Waals surface area contributed by atoms with E-state index in [1.165, 1.54) is 58.1 Å². The Kier molecular flexibility index (Phi) is 5.34. The number of nitrogens with zero attached hydrogens (tertiary/aromatic N) is 6. The van der Waals surface area contributed by atoms with Crippen molar-refractivity contribution >= 4 is 17.7 Å². The monoisotopic (exact) mass is 351 g/mol. The zero-order chi connectivity index (χ0) is 16.9. The lowest BCUT2D eigenvalue weighted by atomic mass is 9.89. The molecule has 2 aromatic heterocycles. The minimum absolute atomic E-state index is 0.0925. The van der Waals surface area contributed by atoms with Crippen LogP contribution in [-0.2, 0) is 6.54 Å². The number of nitrogen functional groups attached to an aromatic ring is 1. The number of anilines is 1. The van der Waals surface area contributed by atoms with Crippen LogP contribution in [-0.4, -0.2) is 44.4 Å². The Morgan fingerprint density at radius 2 is 1.79 bits per heavy atom. The van der Waals surface area contributed by atoms with Crippen molar-refractivity contribution in [2.24, 2.45) is 5.92 Å². The Balaban J connectivity index is 1.83. The van der Waals surface area contributed by atoms with Crippen molar-refractivity contribution in [3.05, 3.63) is 0 Å². The fourth-order valence-electron chi connectivity index (χ4n) is 2.88. The van der Waals surface area contributed by atoms with E-state index in [0.717, 1.165) is 6.54 Å². The summed E-state index contributed by atoms with van der Waals surface area (Å²) in [4.78, 5) is 8.79. The van der Waals surface area contributed by atoms with Gasteiger partial charge in [0.25, 0.3) is 0 Å². The maximum atomic E-state index is 5.67. The van der Waals surface area contributed by atoms with Gasteiger partial charge in [-0.3, -0.25) is 0 Å². The van der Waals surface area contributed by atoms with Gasteiger partial charge in [0.1, 0.15) is 4.90 Å². The molecule has 0 saturated heterocycles. The van der Waals surface area contributed by atoms with Crippen LogP contribution in [0, 0.1) is 5.92 Å². The zero-order valence-corrected chi connectivity index (χ0v) is 14.6. The van der Waals surface area contributed by atoms with Crippen LogP contribution < -0.4 is 15.2 Å². The Morgan fingerprint density at radius 3 is 2.42 bits per heavy atom. The molecule has 9 nitrogen and oxygen atoms in total. The number of hydrogen-bond donors (Lipinski definition) is 1. The van der Waals surface area contributed by atoms with Crippen molar-refractivity contribution < 1.29 is 9.47 Å². The summed E-state index contributed by atoms with van der Waals surface area (Å²) in [5.74, 6) is 1.40. The molecule has 0 radical (unpaired) electrons. The third-order valence-electron chi connectivity index (χ3n) is 4.06. The van der Waals surface area contributed by atoms with E-state index in [1.807, 2.05) is 4.68 Å². The summed E-state index contributed by atoms with van der Waals surface area (Å²) in [6.45, 7) is 0.815. The van der Waals surface area contributed by atoms with Gasteiger partial charge in [-0.1, -0.05) is 19.3 Å². The number of methoxy groups -OCH3 is 2. The Hall–Kier alpha value is -2.10. The number of nitrogens with two attached hydrogens (primary N) is 1. The molecule has 2 heterocycles. The summed E-state index contributed by atoms with van der Waals surface area (Å²) < 4.78 is 12.4. The summed E-state index contributed by atoms with van der Waals surface area (Å²) in [6, 6.07) is 0. The van der Waals surface area contributed by atoms with Gasteiger partial charge in [-0.25, -0.2) is 4.68 Å². The first kappa shape index (κ1) is 16.7. The second kappa shape index (κ2) is 7.65. The summed E-state index contributed by atoms with van der Waals surface area (Å²) in [7, 11) is 3.05. The zero-order valence-electron chi connectivity index (χ0n) is 13.8. The van der Waals surface area contributed by atoms with Gasteiger partial charge in [0.05, 0.1) is 14.2 Å². The lowest BCUT2D eigenvalue weighted by Gasteiger charge is -2.21. The van der Waals surface area contributed by atoms with Crippen molar-refractivity contribution in [3.63, 3.8) is 0 Å². The lowest BCUT2D eigenvalue weighted by Crippen LogP contribution is -2.16. The van der Waals surface area contributed by atoms with Crippen molar-refractivity contribution in [2.75, 3.05) is 20.0 Å². The van der Waals surface area contributed by atoms with Gasteiger partial charge in [-0.05, 0) is 40.9 Å². The number of aromatic nitrogens is 6.